The highest BCUT2D eigenvalue weighted by Gasteiger charge is 2.15. The van der Waals surface area contributed by atoms with Gasteiger partial charge in [-0.15, -0.1) is 0 Å². The van der Waals surface area contributed by atoms with Gasteiger partial charge in [0.25, 0.3) is 15.9 Å². The van der Waals surface area contributed by atoms with Gasteiger partial charge in [0.2, 0.25) is 0 Å². The molecule has 5 nitrogen and oxygen atoms in total. The van der Waals surface area contributed by atoms with Crippen molar-refractivity contribution in [3.05, 3.63) is 94.5 Å². The lowest BCUT2D eigenvalue weighted by molar-refractivity contribution is 0.0951. The third kappa shape index (κ3) is 4.91. The van der Waals surface area contributed by atoms with Gasteiger partial charge in [-0.05, 0) is 60.5 Å². The topological polar surface area (TPSA) is 75.3 Å². The molecule has 7 heteroatoms. The minimum Gasteiger partial charge on any atom is -0.348 e. The second kappa shape index (κ2) is 8.46. The number of halogens is 1. The molecule has 1 amide bonds. The first kappa shape index (κ1) is 19.9. The van der Waals surface area contributed by atoms with Crippen LogP contribution in [0.4, 0.5) is 5.69 Å². The van der Waals surface area contributed by atoms with E-state index < -0.39 is 10.0 Å². The smallest absolute Gasteiger partial charge is 0.261 e. The summed E-state index contributed by atoms with van der Waals surface area (Å²) < 4.78 is 27.5. The average molecular weight is 415 g/mol. The maximum absolute atomic E-state index is 12.5. The lowest BCUT2D eigenvalue weighted by Crippen LogP contribution is -2.23. The molecule has 0 saturated carbocycles. The fraction of sp³-hybridized carbons (Fsp3) is 0.0952. The SMILES string of the molecule is Cc1ccccc1CNC(=O)c1cccc(NS(=O)(=O)c2ccc(Cl)cc2)c1. The fourth-order valence-corrected chi connectivity index (χ4v) is 3.81. The summed E-state index contributed by atoms with van der Waals surface area (Å²) in [6.45, 7) is 2.37. The van der Waals surface area contributed by atoms with Crippen LogP contribution in [0.2, 0.25) is 5.02 Å². The second-order valence-electron chi connectivity index (χ2n) is 6.25. The minimum absolute atomic E-state index is 0.0892. The maximum atomic E-state index is 12.5. The van der Waals surface area contributed by atoms with Crippen LogP contribution in [0.5, 0.6) is 0 Å². The lowest BCUT2D eigenvalue weighted by Gasteiger charge is -2.11. The van der Waals surface area contributed by atoms with Crippen molar-refractivity contribution < 1.29 is 13.2 Å². The van der Waals surface area contributed by atoms with Crippen LogP contribution in [-0.4, -0.2) is 14.3 Å². The van der Waals surface area contributed by atoms with Crippen molar-refractivity contribution in [2.45, 2.75) is 18.4 Å². The lowest BCUT2D eigenvalue weighted by atomic mass is 10.1. The molecule has 0 aliphatic rings. The molecule has 3 rings (SSSR count). The van der Waals surface area contributed by atoms with Crippen LogP contribution in [0.3, 0.4) is 0 Å². The molecule has 3 aromatic rings. The second-order valence-corrected chi connectivity index (χ2v) is 8.37. The highest BCUT2D eigenvalue weighted by Crippen LogP contribution is 2.19. The molecule has 0 atom stereocenters. The van der Waals surface area contributed by atoms with E-state index >= 15 is 0 Å². The van der Waals surface area contributed by atoms with Gasteiger partial charge < -0.3 is 5.32 Å². The highest BCUT2D eigenvalue weighted by atomic mass is 35.5. The number of hydrogen-bond donors (Lipinski definition) is 2. The van der Waals surface area contributed by atoms with Gasteiger partial charge in [-0.25, -0.2) is 8.42 Å². The molecule has 0 spiro atoms. The van der Waals surface area contributed by atoms with E-state index in [0.29, 0.717) is 22.8 Å². The molecule has 0 aliphatic heterocycles. The fourth-order valence-electron chi connectivity index (χ4n) is 2.64. The van der Waals surface area contributed by atoms with Gasteiger partial charge in [-0.3, -0.25) is 9.52 Å². The van der Waals surface area contributed by atoms with E-state index in [4.69, 9.17) is 11.6 Å². The van der Waals surface area contributed by atoms with Gasteiger partial charge >= 0.3 is 0 Å². The summed E-state index contributed by atoms with van der Waals surface area (Å²) in [6.07, 6.45) is 0. The molecule has 0 radical (unpaired) electrons. The first-order chi connectivity index (χ1) is 13.3. The molecule has 0 aliphatic carbocycles. The Kier molecular flexibility index (Phi) is 6.02. The standard InChI is InChI=1S/C21H19ClN2O3S/c1-15-5-2-3-6-17(15)14-23-21(25)16-7-4-8-19(13-16)24-28(26,27)20-11-9-18(22)10-12-20/h2-13,24H,14H2,1H3,(H,23,25). The van der Waals surface area contributed by atoms with Gasteiger partial charge in [0, 0.05) is 22.8 Å². The molecule has 0 unspecified atom stereocenters. The third-order valence-corrected chi connectivity index (χ3v) is 5.85. The molecule has 2 N–H and O–H groups in total. The molecule has 0 saturated heterocycles. The molecular formula is C21H19ClN2O3S. The number of rotatable bonds is 6. The van der Waals surface area contributed by atoms with E-state index in [1.54, 1.807) is 18.2 Å². The van der Waals surface area contributed by atoms with Crippen molar-refractivity contribution in [3.8, 4) is 0 Å². The van der Waals surface area contributed by atoms with Crippen LogP contribution in [-0.2, 0) is 16.6 Å². The minimum atomic E-state index is -3.77. The van der Waals surface area contributed by atoms with Crippen LogP contribution in [0, 0.1) is 6.92 Å². The van der Waals surface area contributed by atoms with Crippen molar-refractivity contribution in [2.75, 3.05) is 4.72 Å². The number of aryl methyl sites for hydroxylation is 1. The maximum Gasteiger partial charge on any atom is 0.261 e. The number of amides is 1. The first-order valence-electron chi connectivity index (χ1n) is 8.56. The van der Waals surface area contributed by atoms with Crippen LogP contribution in [0.15, 0.2) is 77.7 Å². The highest BCUT2D eigenvalue weighted by molar-refractivity contribution is 7.92. The van der Waals surface area contributed by atoms with Crippen LogP contribution >= 0.6 is 11.6 Å². The molecule has 0 aromatic heterocycles. The molecule has 3 aromatic carbocycles. The molecule has 28 heavy (non-hydrogen) atoms. The summed E-state index contributed by atoms with van der Waals surface area (Å²) in [5.41, 5.74) is 2.78. The molecule has 0 fully saturated rings. The van der Waals surface area contributed by atoms with Gasteiger partial charge in [0.05, 0.1) is 4.90 Å². The number of hydrogen-bond acceptors (Lipinski definition) is 3. The normalized spacial score (nSPS) is 11.1. The van der Waals surface area contributed by atoms with Crippen LogP contribution in [0.1, 0.15) is 21.5 Å². The van der Waals surface area contributed by atoms with E-state index in [1.165, 1.54) is 30.3 Å². The number of nitrogens with one attached hydrogen (secondary N) is 2. The van der Waals surface area contributed by atoms with Crippen molar-refractivity contribution in [3.63, 3.8) is 0 Å². The Morgan fingerprint density at radius 1 is 0.964 bits per heavy atom. The first-order valence-corrected chi connectivity index (χ1v) is 10.4. The van der Waals surface area contributed by atoms with E-state index in [2.05, 4.69) is 10.0 Å². The summed E-state index contributed by atoms with van der Waals surface area (Å²) in [4.78, 5) is 12.5. The van der Waals surface area contributed by atoms with Gasteiger partial charge in [0.1, 0.15) is 0 Å². The zero-order chi connectivity index (χ0) is 20.1. The van der Waals surface area contributed by atoms with Gasteiger partial charge in [-0.2, -0.15) is 0 Å². The van der Waals surface area contributed by atoms with Gasteiger partial charge in [0.15, 0.2) is 0 Å². The van der Waals surface area contributed by atoms with Gasteiger partial charge in [-0.1, -0.05) is 41.9 Å². The Morgan fingerprint density at radius 2 is 1.68 bits per heavy atom. The number of benzene rings is 3. The van der Waals surface area contributed by atoms with Crippen LogP contribution < -0.4 is 10.0 Å². The van der Waals surface area contributed by atoms with Crippen molar-refractivity contribution >= 4 is 33.2 Å². The van der Waals surface area contributed by atoms with E-state index in [1.807, 2.05) is 31.2 Å². The number of carbonyl (C=O) groups excluding carboxylic acids is 1. The number of anilines is 1. The summed E-state index contributed by atoms with van der Waals surface area (Å²) >= 11 is 5.80. The Bertz CT molecular complexity index is 1100. The predicted molar refractivity (Wildman–Crippen MR) is 111 cm³/mol. The molecular weight excluding hydrogens is 396 g/mol. The van der Waals surface area contributed by atoms with E-state index in [9.17, 15) is 13.2 Å². The zero-order valence-corrected chi connectivity index (χ0v) is 16.7. The third-order valence-electron chi connectivity index (χ3n) is 4.20. The quantitative estimate of drug-likeness (QED) is 0.628. The Balaban J connectivity index is 1.72. The summed E-state index contributed by atoms with van der Waals surface area (Å²) in [5, 5.41) is 3.30. The Labute approximate surface area is 169 Å². The largest absolute Gasteiger partial charge is 0.348 e. The van der Waals surface area contributed by atoms with Crippen molar-refractivity contribution in [2.24, 2.45) is 0 Å². The van der Waals surface area contributed by atoms with E-state index in [0.717, 1.165) is 11.1 Å². The monoisotopic (exact) mass is 414 g/mol. The average Bonchev–Trinajstić information content (AvgIpc) is 2.67. The predicted octanol–water partition coefficient (Wildman–Crippen LogP) is 4.38. The number of sulfonamides is 1. The summed E-state index contributed by atoms with van der Waals surface area (Å²) in [5.74, 6) is -0.282. The molecule has 0 bridgehead atoms. The van der Waals surface area contributed by atoms with Crippen molar-refractivity contribution in [1.82, 2.24) is 5.32 Å². The Morgan fingerprint density at radius 3 is 2.39 bits per heavy atom. The number of carbonyl (C=O) groups is 1. The van der Waals surface area contributed by atoms with Crippen molar-refractivity contribution in [1.29, 1.82) is 0 Å². The Hall–Kier alpha value is -2.83. The summed E-state index contributed by atoms with van der Waals surface area (Å²) in [6, 6.07) is 20.0. The van der Waals surface area contributed by atoms with E-state index in [-0.39, 0.29) is 10.8 Å². The van der Waals surface area contributed by atoms with Crippen LogP contribution in [0.25, 0.3) is 0 Å². The zero-order valence-electron chi connectivity index (χ0n) is 15.1. The molecule has 0 heterocycles. The molecule has 144 valence electrons. The summed E-state index contributed by atoms with van der Waals surface area (Å²) in [7, 11) is -3.77.